The SMILES string of the molecule is NC(=O)c1ccccc1.O=C1C=C(c2ccccc2)C(=O)N1. The van der Waals surface area contributed by atoms with Crippen molar-refractivity contribution in [3.8, 4) is 0 Å². The van der Waals surface area contributed by atoms with E-state index in [1.165, 1.54) is 6.08 Å². The Morgan fingerprint density at radius 3 is 1.82 bits per heavy atom. The number of nitrogens with one attached hydrogen (secondary N) is 1. The van der Waals surface area contributed by atoms with Gasteiger partial charge in [0.2, 0.25) is 5.91 Å². The number of nitrogens with two attached hydrogens (primary N) is 1. The molecule has 110 valence electrons. The van der Waals surface area contributed by atoms with Crippen molar-refractivity contribution in [2.75, 3.05) is 0 Å². The van der Waals surface area contributed by atoms with Gasteiger partial charge in [0.25, 0.3) is 11.8 Å². The average molecular weight is 294 g/mol. The molecule has 2 aromatic rings. The third-order valence-electron chi connectivity index (χ3n) is 2.90. The molecular formula is C17H14N2O3. The maximum Gasteiger partial charge on any atom is 0.258 e. The molecule has 1 aliphatic heterocycles. The Balaban J connectivity index is 0.000000172. The third kappa shape index (κ3) is 3.89. The van der Waals surface area contributed by atoms with E-state index in [-0.39, 0.29) is 17.7 Å². The van der Waals surface area contributed by atoms with Crippen molar-refractivity contribution in [1.29, 1.82) is 0 Å². The van der Waals surface area contributed by atoms with Crippen LogP contribution in [0.15, 0.2) is 66.7 Å². The predicted molar refractivity (Wildman–Crippen MR) is 82.5 cm³/mol. The van der Waals surface area contributed by atoms with Crippen molar-refractivity contribution in [3.05, 3.63) is 77.9 Å². The van der Waals surface area contributed by atoms with E-state index in [0.29, 0.717) is 11.1 Å². The third-order valence-corrected chi connectivity index (χ3v) is 2.90. The Kier molecular flexibility index (Phi) is 4.82. The Morgan fingerprint density at radius 1 is 0.864 bits per heavy atom. The Labute approximate surface area is 127 Å². The number of imide groups is 1. The van der Waals surface area contributed by atoms with Gasteiger partial charge in [0.1, 0.15) is 0 Å². The number of rotatable bonds is 2. The van der Waals surface area contributed by atoms with Crippen LogP contribution in [0.3, 0.4) is 0 Å². The van der Waals surface area contributed by atoms with Crippen LogP contribution >= 0.6 is 0 Å². The molecule has 0 aliphatic carbocycles. The Morgan fingerprint density at radius 2 is 1.41 bits per heavy atom. The first kappa shape index (κ1) is 15.2. The number of carbonyl (C=O) groups excluding carboxylic acids is 3. The summed E-state index contributed by atoms with van der Waals surface area (Å²) in [6.07, 6.45) is 1.32. The van der Waals surface area contributed by atoms with Gasteiger partial charge in [-0.2, -0.15) is 0 Å². The predicted octanol–water partition coefficient (Wildman–Crippen LogP) is 1.51. The van der Waals surface area contributed by atoms with Crippen LogP contribution in [0.2, 0.25) is 0 Å². The van der Waals surface area contributed by atoms with Gasteiger partial charge in [-0.3, -0.25) is 19.7 Å². The molecular weight excluding hydrogens is 280 g/mol. The molecule has 3 rings (SSSR count). The first-order valence-electron chi connectivity index (χ1n) is 6.55. The fraction of sp³-hybridized carbons (Fsp3) is 0. The summed E-state index contributed by atoms with van der Waals surface area (Å²) in [4.78, 5) is 32.4. The molecule has 5 nitrogen and oxygen atoms in total. The van der Waals surface area contributed by atoms with Crippen molar-refractivity contribution < 1.29 is 14.4 Å². The summed E-state index contributed by atoms with van der Waals surface area (Å²) in [6, 6.07) is 17.9. The highest BCUT2D eigenvalue weighted by Crippen LogP contribution is 2.16. The van der Waals surface area contributed by atoms with Gasteiger partial charge in [-0.1, -0.05) is 48.5 Å². The zero-order chi connectivity index (χ0) is 15.9. The first-order chi connectivity index (χ1) is 10.6. The fourth-order valence-corrected chi connectivity index (χ4v) is 1.85. The molecule has 0 fully saturated rings. The number of primary amides is 1. The second kappa shape index (κ2) is 6.99. The Hall–Kier alpha value is -3.21. The molecule has 0 unspecified atom stereocenters. The lowest BCUT2D eigenvalue weighted by atomic mass is 10.1. The number of carbonyl (C=O) groups is 3. The van der Waals surface area contributed by atoms with Crippen molar-refractivity contribution in [1.82, 2.24) is 5.32 Å². The van der Waals surface area contributed by atoms with Crippen LogP contribution in [-0.4, -0.2) is 17.7 Å². The van der Waals surface area contributed by atoms with E-state index in [9.17, 15) is 14.4 Å². The summed E-state index contributed by atoms with van der Waals surface area (Å²) >= 11 is 0. The van der Waals surface area contributed by atoms with E-state index in [1.54, 1.807) is 36.4 Å². The van der Waals surface area contributed by atoms with Crippen molar-refractivity contribution in [3.63, 3.8) is 0 Å². The summed E-state index contributed by atoms with van der Waals surface area (Å²) in [7, 11) is 0. The summed E-state index contributed by atoms with van der Waals surface area (Å²) in [5.74, 6) is -1.05. The van der Waals surface area contributed by atoms with E-state index in [0.717, 1.165) is 5.56 Å². The zero-order valence-electron chi connectivity index (χ0n) is 11.7. The van der Waals surface area contributed by atoms with Gasteiger partial charge < -0.3 is 5.73 Å². The van der Waals surface area contributed by atoms with Crippen LogP contribution in [0.1, 0.15) is 15.9 Å². The molecule has 3 N–H and O–H groups in total. The number of benzene rings is 2. The van der Waals surface area contributed by atoms with Crippen LogP contribution in [-0.2, 0) is 9.59 Å². The lowest BCUT2D eigenvalue weighted by molar-refractivity contribution is -0.123. The topological polar surface area (TPSA) is 89.3 Å². The quantitative estimate of drug-likeness (QED) is 0.823. The largest absolute Gasteiger partial charge is 0.366 e. The fourth-order valence-electron chi connectivity index (χ4n) is 1.85. The van der Waals surface area contributed by atoms with Gasteiger partial charge in [0, 0.05) is 11.6 Å². The molecule has 22 heavy (non-hydrogen) atoms. The van der Waals surface area contributed by atoms with E-state index in [2.05, 4.69) is 5.32 Å². The minimum atomic E-state index is -0.379. The summed E-state index contributed by atoms with van der Waals surface area (Å²) < 4.78 is 0. The lowest BCUT2D eigenvalue weighted by Crippen LogP contribution is -2.21. The average Bonchev–Trinajstić information content (AvgIpc) is 2.88. The monoisotopic (exact) mass is 294 g/mol. The number of hydrogen-bond donors (Lipinski definition) is 2. The van der Waals surface area contributed by atoms with Crippen LogP contribution < -0.4 is 11.1 Å². The standard InChI is InChI=1S/C10H7NO2.C7H7NO/c12-9-6-8(10(13)11-9)7-4-2-1-3-5-7;8-7(9)6-4-2-1-3-5-6/h1-6H,(H,11,12,13);1-5H,(H2,8,9). The molecule has 2 aromatic carbocycles. The second-order valence-electron chi connectivity index (χ2n) is 4.47. The summed E-state index contributed by atoms with van der Waals surface area (Å²) in [5.41, 5.74) is 6.73. The second-order valence-corrected chi connectivity index (χ2v) is 4.47. The molecule has 0 bridgehead atoms. The number of hydrogen-bond acceptors (Lipinski definition) is 3. The van der Waals surface area contributed by atoms with E-state index in [1.807, 2.05) is 24.3 Å². The van der Waals surface area contributed by atoms with Crippen LogP contribution in [0.25, 0.3) is 5.57 Å². The van der Waals surface area contributed by atoms with Crippen molar-refractivity contribution in [2.24, 2.45) is 5.73 Å². The van der Waals surface area contributed by atoms with Crippen LogP contribution in [0.5, 0.6) is 0 Å². The minimum absolute atomic E-state index is 0.323. The molecule has 0 saturated heterocycles. The van der Waals surface area contributed by atoms with E-state index < -0.39 is 0 Å². The highest BCUT2D eigenvalue weighted by Gasteiger charge is 2.21. The molecule has 1 heterocycles. The van der Waals surface area contributed by atoms with E-state index >= 15 is 0 Å². The molecule has 1 aliphatic rings. The highest BCUT2D eigenvalue weighted by atomic mass is 16.2. The van der Waals surface area contributed by atoms with Gasteiger partial charge >= 0.3 is 0 Å². The molecule has 0 aromatic heterocycles. The maximum absolute atomic E-state index is 11.2. The number of amides is 3. The maximum atomic E-state index is 11.2. The van der Waals surface area contributed by atoms with Gasteiger partial charge in [0.15, 0.2) is 0 Å². The van der Waals surface area contributed by atoms with E-state index in [4.69, 9.17) is 5.73 Å². The Bertz CT molecular complexity index is 722. The van der Waals surface area contributed by atoms with Crippen molar-refractivity contribution in [2.45, 2.75) is 0 Å². The summed E-state index contributed by atoms with van der Waals surface area (Å²) in [6.45, 7) is 0. The smallest absolute Gasteiger partial charge is 0.258 e. The van der Waals surface area contributed by atoms with Gasteiger partial charge in [-0.05, 0) is 17.7 Å². The molecule has 0 atom stereocenters. The normalized spacial score (nSPS) is 12.8. The molecule has 0 radical (unpaired) electrons. The molecule has 0 spiro atoms. The summed E-state index contributed by atoms with van der Waals surface area (Å²) in [5, 5.41) is 2.19. The zero-order valence-corrected chi connectivity index (χ0v) is 11.7. The lowest BCUT2D eigenvalue weighted by Gasteiger charge is -1.97. The molecule has 3 amide bonds. The van der Waals surface area contributed by atoms with Crippen LogP contribution in [0, 0.1) is 0 Å². The minimum Gasteiger partial charge on any atom is -0.366 e. The van der Waals surface area contributed by atoms with Gasteiger partial charge in [0.05, 0.1) is 5.57 Å². The highest BCUT2D eigenvalue weighted by molar-refractivity contribution is 6.33. The van der Waals surface area contributed by atoms with Crippen molar-refractivity contribution >= 4 is 23.3 Å². The molecule has 0 saturated carbocycles. The van der Waals surface area contributed by atoms with Gasteiger partial charge in [-0.25, -0.2) is 0 Å². The molecule has 5 heteroatoms. The first-order valence-corrected chi connectivity index (χ1v) is 6.55. The van der Waals surface area contributed by atoms with Gasteiger partial charge in [-0.15, -0.1) is 0 Å². The van der Waals surface area contributed by atoms with Crippen LogP contribution in [0.4, 0.5) is 0 Å².